The van der Waals surface area contributed by atoms with Crippen molar-refractivity contribution in [1.29, 1.82) is 0 Å². The van der Waals surface area contributed by atoms with Gasteiger partial charge < -0.3 is 20.7 Å². The van der Waals surface area contributed by atoms with Crippen molar-refractivity contribution in [2.75, 3.05) is 38.2 Å². The molecule has 0 radical (unpaired) electrons. The van der Waals surface area contributed by atoms with Gasteiger partial charge in [-0.1, -0.05) is 6.42 Å². The molecule has 1 aliphatic carbocycles. The van der Waals surface area contributed by atoms with Crippen LogP contribution in [0.25, 0.3) is 0 Å². The number of fused-ring (bicyclic) bond motifs is 1. The summed E-state index contributed by atoms with van der Waals surface area (Å²) >= 11 is 1.53. The van der Waals surface area contributed by atoms with Crippen LogP contribution in [-0.4, -0.2) is 44.7 Å². The highest BCUT2D eigenvalue weighted by Crippen LogP contribution is 2.37. The van der Waals surface area contributed by atoms with E-state index >= 15 is 0 Å². The average Bonchev–Trinajstić information content (AvgIpc) is 2.70. The molecule has 2 heterocycles. The third-order valence-corrected chi connectivity index (χ3v) is 5.74. The lowest BCUT2D eigenvalue weighted by atomic mass is 10.1. The number of carbonyl (C=O) groups is 2. The molecule has 0 spiro atoms. The lowest BCUT2D eigenvalue weighted by molar-refractivity contribution is -0.899. The zero-order valence-electron chi connectivity index (χ0n) is 13.3. The standard InChI is InChI=1S/C16H23N3O3S/c17-15(21)14-11-4-2-1-3-5-12(11)23-16(14)18-13(20)10-19-6-8-22-9-7-19/h1-10H2,(H2,17,21)(H,18,20)/p+1. The average molecular weight is 338 g/mol. The van der Waals surface area contributed by atoms with Crippen LogP contribution in [0.1, 0.15) is 40.1 Å². The van der Waals surface area contributed by atoms with Crippen LogP contribution in [0.5, 0.6) is 0 Å². The Hall–Kier alpha value is -1.44. The SMILES string of the molecule is NC(=O)c1c(NC(=O)C[NH+]2CCOCC2)sc2c1CCCCC2. The molecule has 0 aromatic carbocycles. The van der Waals surface area contributed by atoms with E-state index in [1.807, 2.05) is 0 Å². The number of carbonyl (C=O) groups excluding carboxylic acids is 2. The Morgan fingerprint density at radius 3 is 2.65 bits per heavy atom. The molecule has 7 heteroatoms. The molecule has 2 amide bonds. The number of primary amides is 1. The molecule has 1 aromatic rings. The van der Waals surface area contributed by atoms with Crippen molar-refractivity contribution in [2.45, 2.75) is 32.1 Å². The summed E-state index contributed by atoms with van der Waals surface area (Å²) in [5.74, 6) is -0.487. The Morgan fingerprint density at radius 1 is 1.17 bits per heavy atom. The maximum atomic E-state index is 12.3. The Morgan fingerprint density at radius 2 is 1.91 bits per heavy atom. The number of rotatable bonds is 4. The number of anilines is 1. The zero-order valence-corrected chi connectivity index (χ0v) is 14.1. The molecule has 0 atom stereocenters. The number of thiophene rings is 1. The topological polar surface area (TPSA) is 85.9 Å². The van der Waals surface area contributed by atoms with Crippen molar-refractivity contribution in [2.24, 2.45) is 5.73 Å². The van der Waals surface area contributed by atoms with Gasteiger partial charge in [0.1, 0.15) is 18.1 Å². The predicted octanol–water partition coefficient (Wildman–Crippen LogP) is -0.0305. The van der Waals surface area contributed by atoms with Gasteiger partial charge in [0.2, 0.25) is 0 Å². The number of nitrogens with two attached hydrogens (primary N) is 1. The van der Waals surface area contributed by atoms with Gasteiger partial charge >= 0.3 is 0 Å². The van der Waals surface area contributed by atoms with Gasteiger partial charge in [0.05, 0.1) is 18.8 Å². The summed E-state index contributed by atoms with van der Waals surface area (Å²) in [6.45, 7) is 3.49. The summed E-state index contributed by atoms with van der Waals surface area (Å²) in [6.07, 6.45) is 5.26. The van der Waals surface area contributed by atoms with Crippen LogP contribution < -0.4 is 16.0 Å². The van der Waals surface area contributed by atoms with Gasteiger partial charge in [-0.25, -0.2) is 0 Å². The van der Waals surface area contributed by atoms with E-state index in [-0.39, 0.29) is 5.91 Å². The summed E-state index contributed by atoms with van der Waals surface area (Å²) in [7, 11) is 0. The first-order chi connectivity index (χ1) is 11.1. The van der Waals surface area contributed by atoms with Crippen molar-refractivity contribution in [3.63, 3.8) is 0 Å². The highest BCUT2D eigenvalue weighted by atomic mass is 32.1. The molecular weight excluding hydrogens is 314 g/mol. The molecule has 1 aliphatic heterocycles. The Kier molecular flexibility index (Phi) is 5.30. The lowest BCUT2D eigenvalue weighted by Gasteiger charge is -2.23. The van der Waals surface area contributed by atoms with E-state index in [1.54, 1.807) is 0 Å². The summed E-state index contributed by atoms with van der Waals surface area (Å²) in [5.41, 5.74) is 7.19. The van der Waals surface area contributed by atoms with Crippen molar-refractivity contribution < 1.29 is 19.2 Å². The molecule has 0 saturated carbocycles. The van der Waals surface area contributed by atoms with Gasteiger partial charge in [0.25, 0.3) is 11.8 Å². The number of morpholine rings is 1. The molecule has 2 aliphatic rings. The largest absolute Gasteiger partial charge is 0.370 e. The van der Waals surface area contributed by atoms with Crippen molar-refractivity contribution in [3.8, 4) is 0 Å². The van der Waals surface area contributed by atoms with Crippen molar-refractivity contribution >= 4 is 28.2 Å². The van der Waals surface area contributed by atoms with E-state index in [4.69, 9.17) is 10.5 Å². The first-order valence-electron chi connectivity index (χ1n) is 8.30. The van der Waals surface area contributed by atoms with Crippen LogP contribution in [0.2, 0.25) is 0 Å². The highest BCUT2D eigenvalue weighted by molar-refractivity contribution is 7.17. The van der Waals surface area contributed by atoms with Crippen LogP contribution in [0.4, 0.5) is 5.00 Å². The minimum atomic E-state index is -0.432. The van der Waals surface area contributed by atoms with E-state index < -0.39 is 5.91 Å². The van der Waals surface area contributed by atoms with Crippen LogP contribution in [0.15, 0.2) is 0 Å². The quantitative estimate of drug-likeness (QED) is 0.674. The van der Waals surface area contributed by atoms with Gasteiger partial charge in [-0.3, -0.25) is 9.59 Å². The third kappa shape index (κ3) is 3.91. The number of amides is 2. The molecule has 126 valence electrons. The number of hydrogen-bond donors (Lipinski definition) is 3. The van der Waals surface area contributed by atoms with Crippen molar-refractivity contribution in [1.82, 2.24) is 0 Å². The predicted molar refractivity (Wildman–Crippen MR) is 89.1 cm³/mol. The summed E-state index contributed by atoms with van der Waals surface area (Å²) in [6, 6.07) is 0. The molecule has 1 saturated heterocycles. The number of quaternary nitrogens is 1. The minimum Gasteiger partial charge on any atom is -0.370 e. The second-order valence-corrected chi connectivity index (χ2v) is 7.33. The number of hydrogen-bond acceptors (Lipinski definition) is 4. The van der Waals surface area contributed by atoms with Crippen LogP contribution in [0, 0.1) is 0 Å². The van der Waals surface area contributed by atoms with Gasteiger partial charge in [0.15, 0.2) is 6.54 Å². The Bertz CT molecular complexity index is 594. The normalized spacial score (nSPS) is 19.0. The minimum absolute atomic E-state index is 0.0548. The van der Waals surface area contributed by atoms with E-state index in [1.165, 1.54) is 27.5 Å². The smallest absolute Gasteiger partial charge is 0.280 e. The van der Waals surface area contributed by atoms with Gasteiger partial charge in [-0.2, -0.15) is 0 Å². The fourth-order valence-corrected chi connectivity index (χ4v) is 4.64. The third-order valence-electron chi connectivity index (χ3n) is 4.53. The Balaban J connectivity index is 1.73. The van der Waals surface area contributed by atoms with E-state index in [2.05, 4.69) is 5.32 Å². The lowest BCUT2D eigenvalue weighted by Crippen LogP contribution is -3.15. The number of nitrogens with one attached hydrogen (secondary N) is 2. The maximum Gasteiger partial charge on any atom is 0.280 e. The molecule has 0 unspecified atom stereocenters. The zero-order chi connectivity index (χ0) is 16.2. The van der Waals surface area contributed by atoms with E-state index in [0.717, 1.165) is 44.3 Å². The van der Waals surface area contributed by atoms with Gasteiger partial charge in [-0.15, -0.1) is 11.3 Å². The van der Waals surface area contributed by atoms with Gasteiger partial charge in [0, 0.05) is 4.88 Å². The van der Waals surface area contributed by atoms with E-state index in [0.29, 0.717) is 30.3 Å². The Labute approximate surface area is 140 Å². The summed E-state index contributed by atoms with van der Waals surface area (Å²) < 4.78 is 5.31. The summed E-state index contributed by atoms with van der Waals surface area (Å²) in [5, 5.41) is 3.57. The molecule has 3 rings (SSSR count). The first-order valence-corrected chi connectivity index (χ1v) is 9.12. The highest BCUT2D eigenvalue weighted by Gasteiger charge is 2.25. The molecule has 1 aromatic heterocycles. The van der Waals surface area contributed by atoms with Crippen LogP contribution in [-0.2, 0) is 22.4 Å². The number of ether oxygens (including phenoxy) is 1. The maximum absolute atomic E-state index is 12.3. The second-order valence-electron chi connectivity index (χ2n) is 6.22. The second kappa shape index (κ2) is 7.42. The molecule has 1 fully saturated rings. The number of aryl methyl sites for hydroxylation is 1. The molecule has 4 N–H and O–H groups in total. The molecule has 23 heavy (non-hydrogen) atoms. The van der Waals surface area contributed by atoms with Crippen LogP contribution in [0.3, 0.4) is 0 Å². The van der Waals surface area contributed by atoms with Crippen LogP contribution >= 0.6 is 11.3 Å². The van der Waals surface area contributed by atoms with Gasteiger partial charge in [-0.05, 0) is 31.2 Å². The molecular formula is C16H24N3O3S+. The fourth-order valence-electron chi connectivity index (χ4n) is 3.33. The monoisotopic (exact) mass is 338 g/mol. The van der Waals surface area contributed by atoms with Crippen molar-refractivity contribution in [3.05, 3.63) is 16.0 Å². The first kappa shape index (κ1) is 16.4. The molecule has 6 nitrogen and oxygen atoms in total. The van der Waals surface area contributed by atoms with E-state index in [9.17, 15) is 9.59 Å². The molecule has 0 bridgehead atoms. The summed E-state index contributed by atoms with van der Waals surface area (Å²) in [4.78, 5) is 26.6. The fraction of sp³-hybridized carbons (Fsp3) is 0.625.